The number of amidine groups is 1. The Hall–Kier alpha value is -2.20. The van der Waals surface area contributed by atoms with Gasteiger partial charge in [0.1, 0.15) is 11.7 Å². The lowest BCUT2D eigenvalue weighted by Gasteiger charge is -2.17. The van der Waals surface area contributed by atoms with Crippen LogP contribution in [0.2, 0.25) is 0 Å². The molecule has 0 aromatic heterocycles. The number of likely N-dealkylation sites (N-methyl/N-ethyl adjacent to an activating group) is 1. The first-order valence-electron chi connectivity index (χ1n) is 6.91. The number of hydrogen-bond acceptors (Lipinski definition) is 2. The minimum absolute atomic E-state index is 0.113. The number of benzene rings is 2. The average Bonchev–Trinajstić information content (AvgIpc) is 2.48. The number of nitrogens with two attached hydrogens (primary N) is 1. The monoisotopic (exact) mass is 285 g/mol. The zero-order valence-electron chi connectivity index (χ0n) is 12.1. The molecule has 0 saturated carbocycles. The van der Waals surface area contributed by atoms with E-state index in [4.69, 9.17) is 11.1 Å². The van der Waals surface area contributed by atoms with Gasteiger partial charge in [-0.2, -0.15) is 0 Å². The predicted octanol–water partition coefficient (Wildman–Crippen LogP) is 2.78. The molecule has 0 aliphatic heterocycles. The van der Waals surface area contributed by atoms with Crippen LogP contribution in [0.1, 0.15) is 16.7 Å². The number of nitrogens with zero attached hydrogens (tertiary/aromatic N) is 1. The number of halogens is 1. The fraction of sp³-hybridized carbons (Fsp3) is 0.235. The predicted molar refractivity (Wildman–Crippen MR) is 83.9 cm³/mol. The second kappa shape index (κ2) is 6.99. The maximum absolute atomic E-state index is 14.0. The van der Waals surface area contributed by atoms with Crippen LogP contribution in [0, 0.1) is 11.2 Å². The summed E-state index contributed by atoms with van der Waals surface area (Å²) in [5.74, 6) is -0.424. The van der Waals surface area contributed by atoms with Crippen molar-refractivity contribution in [3.8, 4) is 0 Å². The van der Waals surface area contributed by atoms with Crippen molar-refractivity contribution in [2.24, 2.45) is 5.73 Å². The highest BCUT2D eigenvalue weighted by molar-refractivity contribution is 5.94. The van der Waals surface area contributed by atoms with Crippen LogP contribution in [-0.2, 0) is 13.0 Å². The van der Waals surface area contributed by atoms with Gasteiger partial charge in [-0.05, 0) is 25.1 Å². The SMILES string of the molecule is CN(CCc1ccccc1)Cc1ccc(C(=N)N)cc1F. The molecule has 3 N–H and O–H groups in total. The van der Waals surface area contributed by atoms with E-state index in [0.717, 1.165) is 13.0 Å². The molecule has 0 heterocycles. The van der Waals surface area contributed by atoms with Gasteiger partial charge >= 0.3 is 0 Å². The van der Waals surface area contributed by atoms with Crippen LogP contribution < -0.4 is 5.73 Å². The zero-order chi connectivity index (χ0) is 15.2. The molecular weight excluding hydrogens is 265 g/mol. The summed E-state index contributed by atoms with van der Waals surface area (Å²) >= 11 is 0. The highest BCUT2D eigenvalue weighted by Gasteiger charge is 2.08. The molecule has 0 fully saturated rings. The molecule has 0 saturated heterocycles. The van der Waals surface area contributed by atoms with Crippen LogP contribution in [0.25, 0.3) is 0 Å². The number of rotatable bonds is 6. The van der Waals surface area contributed by atoms with E-state index in [1.54, 1.807) is 12.1 Å². The van der Waals surface area contributed by atoms with Crippen molar-refractivity contribution in [3.63, 3.8) is 0 Å². The number of hydrogen-bond donors (Lipinski definition) is 2. The van der Waals surface area contributed by atoms with Crippen molar-refractivity contribution in [1.29, 1.82) is 5.41 Å². The Balaban J connectivity index is 1.93. The third-order valence-electron chi connectivity index (χ3n) is 3.43. The third-order valence-corrected chi connectivity index (χ3v) is 3.43. The van der Waals surface area contributed by atoms with Crippen molar-refractivity contribution in [3.05, 3.63) is 71.0 Å². The van der Waals surface area contributed by atoms with Crippen molar-refractivity contribution in [2.45, 2.75) is 13.0 Å². The van der Waals surface area contributed by atoms with Crippen LogP contribution in [0.15, 0.2) is 48.5 Å². The lowest BCUT2D eigenvalue weighted by Crippen LogP contribution is -2.21. The lowest BCUT2D eigenvalue weighted by atomic mass is 10.1. The van der Waals surface area contributed by atoms with Gasteiger partial charge in [0.2, 0.25) is 0 Å². The Morgan fingerprint density at radius 1 is 1.19 bits per heavy atom. The van der Waals surface area contributed by atoms with Gasteiger partial charge in [-0.1, -0.05) is 42.5 Å². The second-order valence-corrected chi connectivity index (χ2v) is 5.19. The summed E-state index contributed by atoms with van der Waals surface area (Å²) < 4.78 is 14.0. The standard InChI is InChI=1S/C17H20FN3/c1-21(10-9-13-5-3-2-4-6-13)12-15-8-7-14(17(19)20)11-16(15)18/h2-8,11H,9-10,12H2,1H3,(H3,19,20). The highest BCUT2D eigenvalue weighted by Crippen LogP contribution is 2.12. The smallest absolute Gasteiger partial charge is 0.128 e. The summed E-state index contributed by atoms with van der Waals surface area (Å²) in [6.07, 6.45) is 0.935. The van der Waals surface area contributed by atoms with Crippen molar-refractivity contribution in [2.75, 3.05) is 13.6 Å². The summed E-state index contributed by atoms with van der Waals surface area (Å²) in [6.45, 7) is 1.40. The Morgan fingerprint density at radius 2 is 1.90 bits per heavy atom. The van der Waals surface area contributed by atoms with Gasteiger partial charge in [-0.25, -0.2) is 4.39 Å². The first-order chi connectivity index (χ1) is 10.1. The molecule has 0 spiro atoms. The Morgan fingerprint density at radius 3 is 2.52 bits per heavy atom. The fourth-order valence-corrected chi connectivity index (χ4v) is 2.18. The molecule has 0 amide bonds. The lowest BCUT2D eigenvalue weighted by molar-refractivity contribution is 0.325. The van der Waals surface area contributed by atoms with Crippen LogP contribution in [0.5, 0.6) is 0 Å². The van der Waals surface area contributed by atoms with E-state index < -0.39 is 0 Å². The normalized spacial score (nSPS) is 10.8. The average molecular weight is 285 g/mol. The summed E-state index contributed by atoms with van der Waals surface area (Å²) in [5.41, 5.74) is 7.67. The van der Waals surface area contributed by atoms with Gasteiger partial charge in [0.25, 0.3) is 0 Å². The maximum Gasteiger partial charge on any atom is 0.128 e. The molecule has 0 unspecified atom stereocenters. The van der Waals surface area contributed by atoms with E-state index in [1.165, 1.54) is 11.6 Å². The topological polar surface area (TPSA) is 53.1 Å². The molecule has 0 radical (unpaired) electrons. The van der Waals surface area contributed by atoms with Gasteiger partial charge in [0, 0.05) is 24.2 Å². The van der Waals surface area contributed by atoms with Gasteiger partial charge in [-0.15, -0.1) is 0 Å². The van der Waals surface area contributed by atoms with E-state index in [2.05, 4.69) is 17.0 Å². The Labute approximate surface area is 124 Å². The van der Waals surface area contributed by atoms with Crippen molar-refractivity contribution < 1.29 is 4.39 Å². The highest BCUT2D eigenvalue weighted by atomic mass is 19.1. The van der Waals surface area contributed by atoms with Crippen LogP contribution in [-0.4, -0.2) is 24.3 Å². The van der Waals surface area contributed by atoms with Gasteiger partial charge in [-0.3, -0.25) is 5.41 Å². The number of nitrogen functional groups attached to an aromatic ring is 1. The van der Waals surface area contributed by atoms with E-state index in [9.17, 15) is 4.39 Å². The maximum atomic E-state index is 14.0. The molecular formula is C17H20FN3. The van der Waals surface area contributed by atoms with Crippen LogP contribution in [0.4, 0.5) is 4.39 Å². The molecule has 0 atom stereocenters. The van der Waals surface area contributed by atoms with Crippen LogP contribution in [0.3, 0.4) is 0 Å². The first kappa shape index (κ1) is 15.2. The van der Waals surface area contributed by atoms with E-state index in [0.29, 0.717) is 17.7 Å². The summed E-state index contributed by atoms with van der Waals surface area (Å²) in [4.78, 5) is 2.08. The van der Waals surface area contributed by atoms with E-state index >= 15 is 0 Å². The fourth-order valence-electron chi connectivity index (χ4n) is 2.18. The van der Waals surface area contributed by atoms with Gasteiger partial charge in [0.05, 0.1) is 0 Å². The molecule has 2 aromatic rings. The number of nitrogens with one attached hydrogen (secondary N) is 1. The minimum atomic E-state index is -0.311. The molecule has 4 heteroatoms. The first-order valence-corrected chi connectivity index (χ1v) is 6.91. The van der Waals surface area contributed by atoms with Crippen LogP contribution >= 0.6 is 0 Å². The summed E-state index contributed by atoms with van der Waals surface area (Å²) in [7, 11) is 1.97. The molecule has 0 aliphatic carbocycles. The van der Waals surface area contributed by atoms with Gasteiger partial charge in [0.15, 0.2) is 0 Å². The molecule has 3 nitrogen and oxygen atoms in total. The summed E-state index contributed by atoms with van der Waals surface area (Å²) in [5, 5.41) is 7.31. The van der Waals surface area contributed by atoms with E-state index in [1.807, 2.05) is 25.2 Å². The Bertz CT molecular complexity index is 611. The molecule has 0 aliphatic rings. The third kappa shape index (κ3) is 4.39. The second-order valence-electron chi connectivity index (χ2n) is 5.19. The van der Waals surface area contributed by atoms with Crippen molar-refractivity contribution >= 4 is 5.84 Å². The summed E-state index contributed by atoms with van der Waals surface area (Å²) in [6, 6.07) is 14.9. The molecule has 0 bridgehead atoms. The van der Waals surface area contributed by atoms with E-state index in [-0.39, 0.29) is 11.7 Å². The van der Waals surface area contributed by atoms with Gasteiger partial charge < -0.3 is 10.6 Å². The Kier molecular flexibility index (Phi) is 5.06. The molecule has 110 valence electrons. The quantitative estimate of drug-likeness (QED) is 0.633. The largest absolute Gasteiger partial charge is 0.384 e. The molecule has 2 rings (SSSR count). The zero-order valence-corrected chi connectivity index (χ0v) is 12.1. The minimum Gasteiger partial charge on any atom is -0.384 e. The molecule has 21 heavy (non-hydrogen) atoms. The molecule has 2 aromatic carbocycles. The van der Waals surface area contributed by atoms with Crippen molar-refractivity contribution in [1.82, 2.24) is 4.90 Å².